The highest BCUT2D eigenvalue weighted by Gasteiger charge is 2.44. The lowest BCUT2D eigenvalue weighted by Crippen LogP contribution is -2.24. The SMILES string of the molecule is Cc1nc(N(C)S(C)(=O)=O)sc1C(=O)Nc1ccc(C2(C#N)CC2)cc1. The van der Waals surface area contributed by atoms with Crippen molar-refractivity contribution in [3.05, 3.63) is 40.4 Å². The number of anilines is 2. The molecule has 9 heteroatoms. The average Bonchev–Trinajstić information content (AvgIpc) is 3.29. The van der Waals surface area contributed by atoms with Crippen molar-refractivity contribution >= 4 is 38.1 Å². The number of nitrogens with one attached hydrogen (secondary N) is 1. The molecule has 1 fully saturated rings. The number of hydrogen-bond donors (Lipinski definition) is 1. The average molecular weight is 390 g/mol. The monoisotopic (exact) mass is 390 g/mol. The molecule has 1 N–H and O–H groups in total. The fourth-order valence-electron chi connectivity index (χ4n) is 2.52. The van der Waals surface area contributed by atoms with Gasteiger partial charge < -0.3 is 5.32 Å². The topological polar surface area (TPSA) is 103 Å². The van der Waals surface area contributed by atoms with Gasteiger partial charge in [0.05, 0.1) is 23.4 Å². The number of rotatable bonds is 5. The number of nitrogens with zero attached hydrogens (tertiary/aromatic N) is 3. The lowest BCUT2D eigenvalue weighted by Gasteiger charge is -2.11. The summed E-state index contributed by atoms with van der Waals surface area (Å²) in [6, 6.07) is 9.59. The molecule has 1 amide bonds. The summed E-state index contributed by atoms with van der Waals surface area (Å²) in [6.07, 6.45) is 2.82. The van der Waals surface area contributed by atoms with E-state index in [1.165, 1.54) is 7.05 Å². The highest BCUT2D eigenvalue weighted by molar-refractivity contribution is 7.92. The van der Waals surface area contributed by atoms with Crippen LogP contribution in [0.2, 0.25) is 0 Å². The summed E-state index contributed by atoms with van der Waals surface area (Å²) < 4.78 is 24.3. The van der Waals surface area contributed by atoms with Gasteiger partial charge in [-0.2, -0.15) is 5.26 Å². The van der Waals surface area contributed by atoms with E-state index in [2.05, 4.69) is 16.4 Å². The number of hydrogen-bond acceptors (Lipinski definition) is 6. The third-order valence-corrected chi connectivity index (χ3v) is 6.93. The number of thiazole rings is 1. The van der Waals surface area contributed by atoms with E-state index in [0.717, 1.165) is 40.3 Å². The Morgan fingerprint density at radius 1 is 1.35 bits per heavy atom. The van der Waals surface area contributed by atoms with E-state index in [9.17, 15) is 18.5 Å². The smallest absolute Gasteiger partial charge is 0.267 e. The molecule has 0 radical (unpaired) electrons. The third-order valence-electron chi connectivity index (χ3n) is 4.42. The van der Waals surface area contributed by atoms with Gasteiger partial charge in [-0.05, 0) is 37.5 Å². The van der Waals surface area contributed by atoms with Crippen molar-refractivity contribution in [1.82, 2.24) is 4.98 Å². The zero-order chi connectivity index (χ0) is 19.1. The maximum absolute atomic E-state index is 12.5. The number of benzene rings is 1. The summed E-state index contributed by atoms with van der Waals surface area (Å²) in [5.74, 6) is -0.345. The van der Waals surface area contributed by atoms with E-state index in [1.54, 1.807) is 19.1 Å². The largest absolute Gasteiger partial charge is 0.321 e. The maximum atomic E-state index is 12.5. The predicted molar refractivity (Wildman–Crippen MR) is 101 cm³/mol. The Morgan fingerprint density at radius 2 is 1.96 bits per heavy atom. The molecule has 3 rings (SSSR count). The van der Waals surface area contributed by atoms with Crippen LogP contribution in [-0.2, 0) is 15.4 Å². The molecule has 0 unspecified atom stereocenters. The number of carbonyl (C=O) groups is 1. The van der Waals surface area contributed by atoms with Crippen LogP contribution in [0, 0.1) is 18.3 Å². The minimum Gasteiger partial charge on any atom is -0.321 e. The standard InChI is InChI=1S/C17H18N4O3S2/c1-11-14(25-16(19-11)21(2)26(3,23)24)15(22)20-13-6-4-12(5-7-13)17(10-18)8-9-17/h4-7H,8-9H2,1-3H3,(H,20,22). The predicted octanol–water partition coefficient (Wildman–Crippen LogP) is 2.65. The number of amides is 1. The van der Waals surface area contributed by atoms with Crippen LogP contribution in [0.3, 0.4) is 0 Å². The van der Waals surface area contributed by atoms with Gasteiger partial charge in [0.2, 0.25) is 10.0 Å². The van der Waals surface area contributed by atoms with Crippen LogP contribution in [-0.4, -0.2) is 32.6 Å². The molecule has 2 aromatic rings. The molecule has 0 saturated heterocycles. The van der Waals surface area contributed by atoms with Crippen molar-refractivity contribution in [1.29, 1.82) is 5.26 Å². The Bertz CT molecular complexity index is 1000. The van der Waals surface area contributed by atoms with Crippen molar-refractivity contribution in [2.24, 2.45) is 0 Å². The molecule has 0 aliphatic heterocycles. The molecule has 1 aliphatic carbocycles. The molecule has 1 saturated carbocycles. The molecule has 0 atom stereocenters. The summed E-state index contributed by atoms with van der Waals surface area (Å²) in [5, 5.41) is 12.3. The molecule has 136 valence electrons. The van der Waals surface area contributed by atoms with Crippen LogP contribution < -0.4 is 9.62 Å². The molecule has 1 aromatic heterocycles. The lowest BCUT2D eigenvalue weighted by atomic mass is 9.98. The number of nitriles is 1. The minimum atomic E-state index is -3.44. The lowest BCUT2D eigenvalue weighted by molar-refractivity contribution is 0.103. The van der Waals surface area contributed by atoms with Gasteiger partial charge in [-0.25, -0.2) is 17.7 Å². The number of carbonyl (C=O) groups excluding carboxylic acids is 1. The molecular weight excluding hydrogens is 372 g/mol. The van der Waals surface area contributed by atoms with Crippen molar-refractivity contribution in [2.75, 3.05) is 22.9 Å². The van der Waals surface area contributed by atoms with E-state index in [1.807, 2.05) is 12.1 Å². The number of sulfonamides is 1. The first-order valence-corrected chi connectivity index (χ1v) is 10.6. The highest BCUT2D eigenvalue weighted by Crippen LogP contribution is 2.47. The second kappa shape index (κ2) is 6.37. The van der Waals surface area contributed by atoms with Gasteiger partial charge in [0, 0.05) is 12.7 Å². The Labute approximate surface area is 156 Å². The summed E-state index contributed by atoms with van der Waals surface area (Å²) in [5.41, 5.74) is 1.68. The Hall–Kier alpha value is -2.44. The van der Waals surface area contributed by atoms with Crippen molar-refractivity contribution < 1.29 is 13.2 Å². The third kappa shape index (κ3) is 3.43. The van der Waals surface area contributed by atoms with E-state index in [0.29, 0.717) is 16.3 Å². The van der Waals surface area contributed by atoms with Gasteiger partial charge in [-0.1, -0.05) is 23.5 Å². The molecule has 1 heterocycles. The molecule has 7 nitrogen and oxygen atoms in total. The fraction of sp³-hybridized carbons (Fsp3) is 0.353. The van der Waals surface area contributed by atoms with Gasteiger partial charge in [0.15, 0.2) is 5.13 Å². The van der Waals surface area contributed by atoms with Crippen molar-refractivity contribution in [3.63, 3.8) is 0 Å². The molecule has 1 aliphatic rings. The van der Waals surface area contributed by atoms with Crippen LogP contribution in [0.4, 0.5) is 10.8 Å². The minimum absolute atomic E-state index is 0.246. The van der Waals surface area contributed by atoms with Crippen LogP contribution in [0.25, 0.3) is 0 Å². The van der Waals surface area contributed by atoms with E-state index in [4.69, 9.17) is 0 Å². The first kappa shape index (κ1) is 18.4. The number of aromatic nitrogens is 1. The second-order valence-corrected chi connectivity index (χ2v) is 9.36. The Kier molecular flexibility index (Phi) is 4.50. The van der Waals surface area contributed by atoms with Crippen LogP contribution >= 0.6 is 11.3 Å². The highest BCUT2D eigenvalue weighted by atomic mass is 32.2. The van der Waals surface area contributed by atoms with E-state index in [-0.39, 0.29) is 16.5 Å². The maximum Gasteiger partial charge on any atom is 0.267 e. The summed E-state index contributed by atoms with van der Waals surface area (Å²) >= 11 is 1.02. The van der Waals surface area contributed by atoms with Crippen LogP contribution in [0.1, 0.15) is 33.8 Å². The fourth-order valence-corrected chi connectivity index (χ4v) is 4.19. The Balaban J connectivity index is 1.76. The summed E-state index contributed by atoms with van der Waals surface area (Å²) in [7, 11) is -2.04. The van der Waals surface area contributed by atoms with Gasteiger partial charge in [0.25, 0.3) is 5.91 Å². The zero-order valence-corrected chi connectivity index (χ0v) is 16.2. The van der Waals surface area contributed by atoms with Gasteiger partial charge >= 0.3 is 0 Å². The molecule has 0 spiro atoms. The second-order valence-electron chi connectivity index (χ2n) is 6.37. The summed E-state index contributed by atoms with van der Waals surface area (Å²) in [4.78, 5) is 17.0. The van der Waals surface area contributed by atoms with Crippen molar-refractivity contribution in [2.45, 2.75) is 25.2 Å². The first-order chi connectivity index (χ1) is 12.2. The van der Waals surface area contributed by atoms with Crippen LogP contribution in [0.5, 0.6) is 0 Å². The normalized spacial score (nSPS) is 15.2. The molecular formula is C17H18N4O3S2. The van der Waals surface area contributed by atoms with Crippen molar-refractivity contribution in [3.8, 4) is 6.07 Å². The first-order valence-electron chi connectivity index (χ1n) is 7.91. The molecule has 1 aromatic carbocycles. The van der Waals surface area contributed by atoms with E-state index < -0.39 is 10.0 Å². The quantitative estimate of drug-likeness (QED) is 0.845. The van der Waals surface area contributed by atoms with Gasteiger partial charge in [0.1, 0.15) is 4.88 Å². The van der Waals surface area contributed by atoms with Crippen LogP contribution in [0.15, 0.2) is 24.3 Å². The van der Waals surface area contributed by atoms with E-state index >= 15 is 0 Å². The molecule has 0 bridgehead atoms. The Morgan fingerprint density at radius 3 is 2.46 bits per heavy atom. The number of aryl methyl sites for hydroxylation is 1. The van der Waals surface area contributed by atoms with Gasteiger partial charge in [-0.15, -0.1) is 0 Å². The van der Waals surface area contributed by atoms with Gasteiger partial charge in [-0.3, -0.25) is 4.79 Å². The zero-order valence-electron chi connectivity index (χ0n) is 14.6. The summed E-state index contributed by atoms with van der Waals surface area (Å²) in [6.45, 7) is 1.66. The molecule has 26 heavy (non-hydrogen) atoms.